The van der Waals surface area contributed by atoms with Crippen LogP contribution in [0.4, 0.5) is 0 Å². The third-order valence-corrected chi connectivity index (χ3v) is 1.26. The summed E-state index contributed by atoms with van der Waals surface area (Å²) in [5, 5.41) is 3.48. The van der Waals surface area contributed by atoms with E-state index in [0.717, 1.165) is 12.3 Å². The average molecular weight is 136 g/mol. The maximum absolute atomic E-state index is 4.42. The van der Waals surface area contributed by atoms with Crippen LogP contribution in [0.2, 0.25) is 0 Å². The molecule has 1 aliphatic rings. The Morgan fingerprint density at radius 2 is 2.70 bits per heavy atom. The molecule has 0 bridgehead atoms. The van der Waals surface area contributed by atoms with Crippen molar-refractivity contribution in [1.82, 2.24) is 0 Å². The average Bonchev–Trinajstić information content (AvgIpc) is 2.71. The Kier molecular flexibility index (Phi) is 2.82. The summed E-state index contributed by atoms with van der Waals surface area (Å²) >= 11 is 0. The molecule has 1 aliphatic carbocycles. The number of rotatable bonds is 2. The number of hydrogen-bond donors (Lipinski definition) is 0. The molecule has 0 saturated heterocycles. The van der Waals surface area contributed by atoms with Gasteiger partial charge in [0.15, 0.2) is 0 Å². The number of oxime groups is 1. The first-order valence-corrected chi connectivity index (χ1v) is 3.30. The molecule has 0 spiro atoms. The van der Waals surface area contributed by atoms with Crippen molar-refractivity contribution in [3.8, 4) is 11.8 Å². The third kappa shape index (κ3) is 3.13. The van der Waals surface area contributed by atoms with E-state index in [1.54, 1.807) is 0 Å². The molecule has 0 aliphatic heterocycles. The molecule has 10 heavy (non-hydrogen) atoms. The molecule has 1 atom stereocenters. The molecular weight excluding hydrogens is 126 g/mol. The maximum atomic E-state index is 4.42. The molecule has 1 rings (SSSR count). The Balaban J connectivity index is 2.05. The fraction of sp³-hybridized carbons (Fsp3) is 0.500. The first kappa shape index (κ1) is 7.14. The first-order valence-electron chi connectivity index (χ1n) is 3.30. The van der Waals surface area contributed by atoms with Gasteiger partial charge in [-0.15, -0.1) is 0 Å². The van der Waals surface area contributed by atoms with Crippen LogP contribution in [0.3, 0.4) is 0 Å². The van der Waals surface area contributed by atoms with Gasteiger partial charge in [-0.2, -0.15) is 0 Å². The van der Waals surface area contributed by atoms with Crippen molar-refractivity contribution in [2.24, 2.45) is 11.1 Å². The van der Waals surface area contributed by atoms with Gasteiger partial charge in [0.05, 0.1) is 0 Å². The van der Waals surface area contributed by atoms with Crippen LogP contribution >= 0.6 is 0 Å². The summed E-state index contributed by atoms with van der Waals surface area (Å²) in [4.78, 5) is 4.42. The highest BCUT2D eigenvalue weighted by molar-refractivity contribution is 5.77. The van der Waals surface area contributed by atoms with E-state index < -0.39 is 0 Å². The lowest BCUT2D eigenvalue weighted by Gasteiger charge is -1.78. The highest BCUT2D eigenvalue weighted by atomic mass is 16.6. The van der Waals surface area contributed by atoms with Crippen LogP contribution in [-0.2, 0) is 4.84 Å². The Bertz CT molecular complexity index is 171. The summed E-state index contributed by atoms with van der Waals surface area (Å²) in [6, 6.07) is 0. The van der Waals surface area contributed by atoms with Gasteiger partial charge in [0.2, 0.25) is 0 Å². The van der Waals surface area contributed by atoms with E-state index in [4.69, 9.17) is 0 Å². The number of nitrogens with zero attached hydrogens (tertiary/aromatic N) is 1. The summed E-state index contributed by atoms with van der Waals surface area (Å²) in [7, 11) is 1.51. The summed E-state index contributed by atoms with van der Waals surface area (Å²) in [5.41, 5.74) is 0. The molecule has 1 unspecified atom stereocenters. The minimum atomic E-state index is 0.753. The Hall–Kier alpha value is -0.970. The Morgan fingerprint density at radius 1 is 1.90 bits per heavy atom. The minimum absolute atomic E-state index is 0.753. The van der Waals surface area contributed by atoms with Crippen molar-refractivity contribution in [3.63, 3.8) is 0 Å². The smallest absolute Gasteiger partial charge is 0.116 e. The van der Waals surface area contributed by atoms with E-state index in [1.165, 1.54) is 19.7 Å². The molecule has 53 valence electrons. The van der Waals surface area contributed by atoms with E-state index in [0.29, 0.717) is 0 Å². The third-order valence-electron chi connectivity index (χ3n) is 1.26. The van der Waals surface area contributed by atoms with E-state index >= 15 is 0 Å². The Morgan fingerprint density at radius 3 is 3.30 bits per heavy atom. The second kappa shape index (κ2) is 3.94. The van der Waals surface area contributed by atoms with Gasteiger partial charge in [0.25, 0.3) is 0 Å². The lowest BCUT2D eigenvalue weighted by Crippen LogP contribution is -1.72. The minimum Gasteiger partial charge on any atom is -0.399 e. The van der Waals surface area contributed by atoms with Gasteiger partial charge in [-0.25, -0.2) is 0 Å². The largest absolute Gasteiger partial charge is 0.399 e. The van der Waals surface area contributed by atoms with Gasteiger partial charge in [0, 0.05) is 6.42 Å². The summed E-state index contributed by atoms with van der Waals surface area (Å²) in [6.07, 6.45) is 5.93. The van der Waals surface area contributed by atoms with E-state index in [2.05, 4.69) is 28.3 Å². The van der Waals surface area contributed by atoms with E-state index in [9.17, 15) is 0 Å². The van der Waals surface area contributed by atoms with Crippen LogP contribution < -0.4 is 0 Å². The summed E-state index contributed by atoms with van der Waals surface area (Å²) in [6.45, 7) is 0. The molecule has 0 aromatic carbocycles. The molecule has 0 amide bonds. The Labute approximate surface area is 61.3 Å². The van der Waals surface area contributed by atoms with Crippen LogP contribution in [0, 0.1) is 24.2 Å². The molecule has 2 heteroatoms. The van der Waals surface area contributed by atoms with Crippen molar-refractivity contribution in [3.05, 3.63) is 6.42 Å². The molecule has 1 saturated carbocycles. The first-order chi connectivity index (χ1) is 4.93. The van der Waals surface area contributed by atoms with Crippen molar-refractivity contribution in [2.45, 2.75) is 12.8 Å². The van der Waals surface area contributed by atoms with Crippen LogP contribution in [0.5, 0.6) is 0 Å². The molecule has 0 aromatic heterocycles. The zero-order chi connectivity index (χ0) is 7.23. The standard InChI is InChI=1S/C8H10NO/c1-10-9-7-3-2-4-8-5-6-8/h5,7-8H,4,6H2,1H3. The molecule has 2 nitrogen and oxygen atoms in total. The van der Waals surface area contributed by atoms with Gasteiger partial charge in [-0.05, 0) is 18.8 Å². The van der Waals surface area contributed by atoms with Gasteiger partial charge in [0.1, 0.15) is 13.3 Å². The zero-order valence-corrected chi connectivity index (χ0v) is 6.00. The summed E-state index contributed by atoms with van der Waals surface area (Å²) < 4.78 is 0. The predicted molar refractivity (Wildman–Crippen MR) is 40.3 cm³/mol. The van der Waals surface area contributed by atoms with Crippen molar-refractivity contribution in [2.75, 3.05) is 7.11 Å². The molecular formula is C8H10NO. The molecule has 1 radical (unpaired) electrons. The maximum Gasteiger partial charge on any atom is 0.116 e. The van der Waals surface area contributed by atoms with Crippen molar-refractivity contribution in [1.29, 1.82) is 0 Å². The molecule has 0 N–H and O–H groups in total. The second-order valence-electron chi connectivity index (χ2n) is 2.17. The number of hydrogen-bond acceptors (Lipinski definition) is 2. The predicted octanol–water partition coefficient (Wildman–Crippen LogP) is 1.24. The van der Waals surface area contributed by atoms with Crippen LogP contribution in [0.15, 0.2) is 5.16 Å². The van der Waals surface area contributed by atoms with Crippen LogP contribution in [-0.4, -0.2) is 13.3 Å². The van der Waals surface area contributed by atoms with Crippen LogP contribution in [0.1, 0.15) is 12.8 Å². The second-order valence-corrected chi connectivity index (χ2v) is 2.17. The fourth-order valence-electron chi connectivity index (χ4n) is 0.578. The van der Waals surface area contributed by atoms with E-state index in [1.807, 2.05) is 0 Å². The van der Waals surface area contributed by atoms with Gasteiger partial charge in [-0.1, -0.05) is 17.0 Å². The van der Waals surface area contributed by atoms with Gasteiger partial charge in [-0.3, -0.25) is 0 Å². The van der Waals surface area contributed by atoms with Gasteiger partial charge < -0.3 is 4.84 Å². The van der Waals surface area contributed by atoms with Crippen LogP contribution in [0.25, 0.3) is 0 Å². The lowest BCUT2D eigenvalue weighted by molar-refractivity contribution is 0.216. The zero-order valence-electron chi connectivity index (χ0n) is 6.00. The summed E-state index contributed by atoms with van der Waals surface area (Å²) in [5.74, 6) is 6.50. The quantitative estimate of drug-likeness (QED) is 0.318. The SMILES string of the molecule is CON=CC#CCC1[CH]C1. The highest BCUT2D eigenvalue weighted by Crippen LogP contribution is 2.29. The monoisotopic (exact) mass is 136 g/mol. The van der Waals surface area contributed by atoms with Crippen molar-refractivity contribution >= 4 is 6.21 Å². The topological polar surface area (TPSA) is 21.6 Å². The van der Waals surface area contributed by atoms with E-state index in [-0.39, 0.29) is 0 Å². The fourth-order valence-corrected chi connectivity index (χ4v) is 0.578. The van der Waals surface area contributed by atoms with Gasteiger partial charge >= 0.3 is 0 Å². The molecule has 1 fully saturated rings. The van der Waals surface area contributed by atoms with Crippen molar-refractivity contribution < 1.29 is 4.84 Å². The highest BCUT2D eigenvalue weighted by Gasteiger charge is 2.19. The molecule has 0 aromatic rings. The normalized spacial score (nSPS) is 16.5. The molecule has 0 heterocycles. The lowest BCUT2D eigenvalue weighted by atomic mass is 10.3.